The number of halogens is 1. The van der Waals surface area contributed by atoms with Gasteiger partial charge in [0.05, 0.1) is 23.7 Å². The first-order valence-corrected chi connectivity index (χ1v) is 6.64. The Morgan fingerprint density at radius 2 is 1.95 bits per heavy atom. The minimum absolute atomic E-state index is 0.296. The Labute approximate surface area is 119 Å². The summed E-state index contributed by atoms with van der Waals surface area (Å²) >= 11 is 3.36. The molecule has 1 aromatic carbocycles. The van der Waals surface area contributed by atoms with Crippen molar-refractivity contribution in [1.29, 1.82) is 0 Å². The molecular formula is C14H12BrN3O. The monoisotopic (exact) mass is 317 g/mol. The highest BCUT2D eigenvalue weighted by Crippen LogP contribution is 2.28. The predicted octanol–water partition coefficient (Wildman–Crippen LogP) is 3.28. The van der Waals surface area contributed by atoms with Gasteiger partial charge >= 0.3 is 0 Å². The summed E-state index contributed by atoms with van der Waals surface area (Å²) in [5.41, 5.74) is 9.09. The molecule has 4 nitrogen and oxygen atoms in total. The van der Waals surface area contributed by atoms with E-state index in [2.05, 4.69) is 21.0 Å². The van der Waals surface area contributed by atoms with Gasteiger partial charge in [0, 0.05) is 11.8 Å². The molecule has 0 radical (unpaired) electrons. The van der Waals surface area contributed by atoms with Crippen molar-refractivity contribution in [3.63, 3.8) is 0 Å². The zero-order valence-corrected chi connectivity index (χ0v) is 11.6. The van der Waals surface area contributed by atoms with E-state index in [4.69, 9.17) is 10.2 Å². The SMILES string of the molecule is NC(c1ccoc1Br)c1ccnn1-c1ccccc1. The van der Waals surface area contributed by atoms with Crippen molar-refractivity contribution in [2.75, 3.05) is 0 Å². The van der Waals surface area contributed by atoms with E-state index < -0.39 is 0 Å². The molecule has 0 saturated heterocycles. The van der Waals surface area contributed by atoms with Gasteiger partial charge in [0.25, 0.3) is 0 Å². The maximum Gasteiger partial charge on any atom is 0.174 e. The molecule has 1 unspecified atom stereocenters. The fourth-order valence-electron chi connectivity index (χ4n) is 2.02. The number of benzene rings is 1. The molecule has 0 spiro atoms. The quantitative estimate of drug-likeness (QED) is 0.806. The number of hydrogen-bond donors (Lipinski definition) is 1. The molecule has 2 N–H and O–H groups in total. The van der Waals surface area contributed by atoms with Gasteiger partial charge in [-0.05, 0) is 40.2 Å². The minimum atomic E-state index is -0.296. The topological polar surface area (TPSA) is 57.0 Å². The van der Waals surface area contributed by atoms with Gasteiger partial charge in [-0.15, -0.1) is 0 Å². The second-order valence-corrected chi connectivity index (χ2v) is 4.85. The van der Waals surface area contributed by atoms with Crippen LogP contribution in [0.2, 0.25) is 0 Å². The first kappa shape index (κ1) is 12.2. The summed E-state index contributed by atoms with van der Waals surface area (Å²) in [6, 6.07) is 13.4. The Kier molecular flexibility index (Phi) is 3.23. The van der Waals surface area contributed by atoms with E-state index in [0.29, 0.717) is 4.67 Å². The Hall–Kier alpha value is -1.85. The van der Waals surface area contributed by atoms with E-state index in [-0.39, 0.29) is 6.04 Å². The molecule has 5 heteroatoms. The molecule has 0 aliphatic rings. The lowest BCUT2D eigenvalue weighted by Crippen LogP contribution is -2.16. The Balaban J connectivity index is 2.04. The van der Waals surface area contributed by atoms with Crippen LogP contribution >= 0.6 is 15.9 Å². The summed E-state index contributed by atoms with van der Waals surface area (Å²) in [5, 5.41) is 4.34. The molecule has 0 aliphatic carbocycles. The van der Waals surface area contributed by atoms with E-state index >= 15 is 0 Å². The van der Waals surface area contributed by atoms with Crippen LogP contribution in [0.15, 0.2) is 64.0 Å². The molecule has 2 heterocycles. The average Bonchev–Trinajstić information content (AvgIpc) is 3.07. The van der Waals surface area contributed by atoms with Crippen LogP contribution in [0.5, 0.6) is 0 Å². The van der Waals surface area contributed by atoms with Crippen LogP contribution in [0.1, 0.15) is 17.3 Å². The lowest BCUT2D eigenvalue weighted by Gasteiger charge is -2.13. The standard InChI is InChI=1S/C14H12BrN3O/c15-14-11(7-9-19-14)13(16)12-6-8-17-18(12)10-4-2-1-3-5-10/h1-9,13H,16H2. The van der Waals surface area contributed by atoms with Gasteiger partial charge in [-0.3, -0.25) is 0 Å². The fourth-order valence-corrected chi connectivity index (χ4v) is 2.51. The summed E-state index contributed by atoms with van der Waals surface area (Å²) < 4.78 is 7.73. The van der Waals surface area contributed by atoms with Crippen LogP contribution in [0.25, 0.3) is 5.69 Å². The number of aromatic nitrogens is 2. The van der Waals surface area contributed by atoms with Crippen LogP contribution < -0.4 is 5.73 Å². The third-order valence-corrected chi connectivity index (χ3v) is 3.62. The van der Waals surface area contributed by atoms with Crippen LogP contribution in [0.4, 0.5) is 0 Å². The molecule has 96 valence electrons. The Bertz CT molecular complexity index is 675. The number of para-hydroxylation sites is 1. The van der Waals surface area contributed by atoms with Crippen LogP contribution in [-0.4, -0.2) is 9.78 Å². The molecule has 0 saturated carbocycles. The van der Waals surface area contributed by atoms with Crippen molar-refractivity contribution in [3.8, 4) is 5.69 Å². The molecule has 0 fully saturated rings. The van der Waals surface area contributed by atoms with Crippen LogP contribution in [-0.2, 0) is 0 Å². The second-order valence-electron chi connectivity index (χ2n) is 4.13. The summed E-state index contributed by atoms with van der Waals surface area (Å²) in [5.74, 6) is 0. The summed E-state index contributed by atoms with van der Waals surface area (Å²) in [7, 11) is 0. The zero-order valence-electron chi connectivity index (χ0n) is 10.0. The van der Waals surface area contributed by atoms with E-state index in [1.165, 1.54) is 0 Å². The van der Waals surface area contributed by atoms with Crippen molar-refractivity contribution < 1.29 is 4.42 Å². The highest BCUT2D eigenvalue weighted by atomic mass is 79.9. The number of nitrogens with two attached hydrogens (primary N) is 1. The highest BCUT2D eigenvalue weighted by molar-refractivity contribution is 9.10. The van der Waals surface area contributed by atoms with E-state index in [0.717, 1.165) is 16.9 Å². The Morgan fingerprint density at radius 3 is 2.63 bits per heavy atom. The van der Waals surface area contributed by atoms with Gasteiger partial charge in [-0.1, -0.05) is 18.2 Å². The van der Waals surface area contributed by atoms with Crippen LogP contribution in [0, 0.1) is 0 Å². The molecular weight excluding hydrogens is 306 g/mol. The molecule has 1 atom stereocenters. The summed E-state index contributed by atoms with van der Waals surface area (Å²) in [4.78, 5) is 0. The number of nitrogens with zero attached hydrogens (tertiary/aromatic N) is 2. The molecule has 19 heavy (non-hydrogen) atoms. The predicted molar refractivity (Wildman–Crippen MR) is 76.0 cm³/mol. The first-order chi connectivity index (χ1) is 9.27. The normalized spacial score (nSPS) is 12.5. The Morgan fingerprint density at radius 1 is 1.16 bits per heavy atom. The zero-order chi connectivity index (χ0) is 13.2. The van der Waals surface area contributed by atoms with E-state index in [9.17, 15) is 0 Å². The molecule has 0 aliphatic heterocycles. The maximum absolute atomic E-state index is 6.29. The van der Waals surface area contributed by atoms with Gasteiger partial charge in [-0.2, -0.15) is 5.10 Å². The average molecular weight is 318 g/mol. The van der Waals surface area contributed by atoms with Gasteiger partial charge in [0.15, 0.2) is 4.67 Å². The fraction of sp³-hybridized carbons (Fsp3) is 0.0714. The number of furan rings is 1. The lowest BCUT2D eigenvalue weighted by atomic mass is 10.1. The van der Waals surface area contributed by atoms with E-state index in [1.54, 1.807) is 12.5 Å². The van der Waals surface area contributed by atoms with Gasteiger partial charge in [0.2, 0.25) is 0 Å². The van der Waals surface area contributed by atoms with Crippen LogP contribution in [0.3, 0.4) is 0 Å². The molecule has 0 amide bonds. The summed E-state index contributed by atoms with van der Waals surface area (Å²) in [6.45, 7) is 0. The maximum atomic E-state index is 6.29. The first-order valence-electron chi connectivity index (χ1n) is 5.85. The van der Waals surface area contributed by atoms with Gasteiger partial charge < -0.3 is 10.2 Å². The molecule has 0 bridgehead atoms. The van der Waals surface area contributed by atoms with Gasteiger partial charge in [-0.25, -0.2) is 4.68 Å². The smallest absolute Gasteiger partial charge is 0.174 e. The van der Waals surface area contributed by atoms with Crippen molar-refractivity contribution in [3.05, 3.63) is 70.9 Å². The highest BCUT2D eigenvalue weighted by Gasteiger charge is 2.18. The van der Waals surface area contributed by atoms with E-state index in [1.807, 2.05) is 47.1 Å². The number of rotatable bonds is 3. The molecule has 3 aromatic rings. The molecule has 2 aromatic heterocycles. The second kappa shape index (κ2) is 5.03. The number of hydrogen-bond acceptors (Lipinski definition) is 3. The lowest BCUT2D eigenvalue weighted by molar-refractivity contribution is 0.533. The summed E-state index contributed by atoms with van der Waals surface area (Å²) in [6.07, 6.45) is 3.36. The van der Waals surface area contributed by atoms with Crippen molar-refractivity contribution in [1.82, 2.24) is 9.78 Å². The van der Waals surface area contributed by atoms with Crippen molar-refractivity contribution in [2.24, 2.45) is 5.73 Å². The van der Waals surface area contributed by atoms with Gasteiger partial charge in [0.1, 0.15) is 0 Å². The third kappa shape index (κ3) is 2.22. The van der Waals surface area contributed by atoms with Crippen molar-refractivity contribution in [2.45, 2.75) is 6.04 Å². The van der Waals surface area contributed by atoms with Crippen molar-refractivity contribution >= 4 is 15.9 Å². The minimum Gasteiger partial charge on any atom is -0.457 e. The largest absolute Gasteiger partial charge is 0.457 e. The third-order valence-electron chi connectivity index (χ3n) is 2.97. The molecule has 3 rings (SSSR count).